The zero-order valence-corrected chi connectivity index (χ0v) is 15.9. The zero-order chi connectivity index (χ0) is 17.8. The molecule has 0 spiro atoms. The lowest BCUT2D eigenvalue weighted by Crippen LogP contribution is -2.36. The monoisotopic (exact) mass is 350 g/mol. The summed E-state index contributed by atoms with van der Waals surface area (Å²) in [5.74, 6) is 2.84. The van der Waals surface area contributed by atoms with Crippen molar-refractivity contribution in [2.45, 2.75) is 45.4 Å². The number of anilines is 2. The molecule has 2 saturated heterocycles. The van der Waals surface area contributed by atoms with Gasteiger partial charge in [-0.15, -0.1) is 0 Å². The molecule has 138 valence electrons. The molecule has 2 aliphatic heterocycles. The summed E-state index contributed by atoms with van der Waals surface area (Å²) in [6, 6.07) is 13.0. The maximum Gasteiger partial charge on any atom is 0.227 e. The van der Waals surface area contributed by atoms with Gasteiger partial charge in [-0.1, -0.05) is 30.3 Å². The van der Waals surface area contributed by atoms with Gasteiger partial charge in [0.15, 0.2) is 0 Å². The number of piperidine rings is 2. The molecule has 4 nitrogen and oxygen atoms in total. The van der Waals surface area contributed by atoms with Gasteiger partial charge in [0.25, 0.3) is 0 Å². The first kappa shape index (κ1) is 17.3. The van der Waals surface area contributed by atoms with E-state index in [1.165, 1.54) is 44.1 Å². The van der Waals surface area contributed by atoms with Gasteiger partial charge in [-0.2, -0.15) is 4.98 Å². The van der Waals surface area contributed by atoms with Crippen molar-refractivity contribution in [3.63, 3.8) is 0 Å². The lowest BCUT2D eigenvalue weighted by molar-refractivity contribution is 0.400. The summed E-state index contributed by atoms with van der Waals surface area (Å²) < 4.78 is 0. The summed E-state index contributed by atoms with van der Waals surface area (Å²) in [6.45, 7) is 6.51. The Balaban J connectivity index is 1.40. The van der Waals surface area contributed by atoms with Crippen LogP contribution in [0.1, 0.15) is 43.4 Å². The van der Waals surface area contributed by atoms with Crippen molar-refractivity contribution >= 4 is 11.8 Å². The molecule has 4 heteroatoms. The molecule has 1 aromatic carbocycles. The highest BCUT2D eigenvalue weighted by Crippen LogP contribution is 2.26. The van der Waals surface area contributed by atoms with Gasteiger partial charge in [0.05, 0.1) is 0 Å². The van der Waals surface area contributed by atoms with Gasteiger partial charge in [0, 0.05) is 37.9 Å². The fourth-order valence-electron chi connectivity index (χ4n) is 4.25. The van der Waals surface area contributed by atoms with Crippen LogP contribution in [0, 0.1) is 12.8 Å². The third-order valence-corrected chi connectivity index (χ3v) is 5.77. The van der Waals surface area contributed by atoms with Crippen LogP contribution < -0.4 is 9.80 Å². The van der Waals surface area contributed by atoms with Crippen LogP contribution in [0.2, 0.25) is 0 Å². The van der Waals surface area contributed by atoms with E-state index in [4.69, 9.17) is 9.97 Å². The van der Waals surface area contributed by atoms with Crippen LogP contribution in [-0.4, -0.2) is 36.1 Å². The largest absolute Gasteiger partial charge is 0.356 e. The van der Waals surface area contributed by atoms with E-state index in [-0.39, 0.29) is 0 Å². The summed E-state index contributed by atoms with van der Waals surface area (Å²) in [4.78, 5) is 14.5. The SMILES string of the molecule is Cc1cc(N2CCCCC2)nc(N2CCC(Cc3ccccc3)CC2)n1. The molecular formula is C22H30N4. The van der Waals surface area contributed by atoms with Crippen molar-refractivity contribution in [1.29, 1.82) is 0 Å². The van der Waals surface area contributed by atoms with E-state index in [0.717, 1.165) is 49.6 Å². The van der Waals surface area contributed by atoms with Crippen LogP contribution in [-0.2, 0) is 6.42 Å². The summed E-state index contributed by atoms with van der Waals surface area (Å²) in [5, 5.41) is 0. The molecule has 2 fully saturated rings. The summed E-state index contributed by atoms with van der Waals surface area (Å²) in [5.41, 5.74) is 2.55. The standard InChI is InChI=1S/C22H30N4/c1-18-16-21(25-12-6-3-7-13-25)24-22(23-18)26-14-10-20(11-15-26)17-19-8-4-2-5-9-19/h2,4-5,8-9,16,20H,3,6-7,10-15,17H2,1H3. The molecule has 2 aliphatic rings. The Morgan fingerprint density at radius 2 is 1.62 bits per heavy atom. The van der Waals surface area contributed by atoms with Crippen molar-refractivity contribution in [3.05, 3.63) is 47.7 Å². The first-order valence-electron chi connectivity index (χ1n) is 10.2. The predicted octanol–water partition coefficient (Wildman–Crippen LogP) is 4.23. The number of nitrogens with zero attached hydrogens (tertiary/aromatic N) is 4. The Labute approximate surface area is 157 Å². The van der Waals surface area contributed by atoms with Crippen LogP contribution >= 0.6 is 0 Å². The summed E-state index contributed by atoms with van der Waals surface area (Å²) >= 11 is 0. The predicted molar refractivity (Wildman–Crippen MR) is 108 cm³/mol. The maximum absolute atomic E-state index is 4.93. The van der Waals surface area contributed by atoms with Gasteiger partial charge in [-0.05, 0) is 56.9 Å². The van der Waals surface area contributed by atoms with Gasteiger partial charge >= 0.3 is 0 Å². The Morgan fingerprint density at radius 3 is 2.35 bits per heavy atom. The molecule has 26 heavy (non-hydrogen) atoms. The third-order valence-electron chi connectivity index (χ3n) is 5.77. The Hall–Kier alpha value is -2.10. The van der Waals surface area contributed by atoms with Crippen LogP contribution in [0.15, 0.2) is 36.4 Å². The van der Waals surface area contributed by atoms with Gasteiger partial charge < -0.3 is 9.80 Å². The zero-order valence-electron chi connectivity index (χ0n) is 15.9. The van der Waals surface area contributed by atoms with Crippen LogP contribution in [0.3, 0.4) is 0 Å². The normalized spacial score (nSPS) is 19.0. The molecule has 4 rings (SSSR count). The van der Waals surface area contributed by atoms with Gasteiger partial charge in [-0.3, -0.25) is 0 Å². The second kappa shape index (κ2) is 8.07. The maximum atomic E-state index is 4.93. The van der Waals surface area contributed by atoms with Crippen LogP contribution in [0.5, 0.6) is 0 Å². The molecule has 0 aliphatic carbocycles. The molecule has 0 saturated carbocycles. The first-order valence-corrected chi connectivity index (χ1v) is 10.2. The fraction of sp³-hybridized carbons (Fsp3) is 0.545. The molecule has 0 N–H and O–H groups in total. The summed E-state index contributed by atoms with van der Waals surface area (Å²) in [6.07, 6.45) is 7.56. The second-order valence-corrected chi connectivity index (χ2v) is 7.84. The van der Waals surface area contributed by atoms with E-state index < -0.39 is 0 Å². The topological polar surface area (TPSA) is 32.3 Å². The molecule has 3 heterocycles. The molecule has 0 unspecified atom stereocenters. The first-order chi connectivity index (χ1) is 12.8. The third kappa shape index (κ3) is 4.17. The minimum absolute atomic E-state index is 0.778. The number of hydrogen-bond acceptors (Lipinski definition) is 4. The van der Waals surface area contributed by atoms with Crippen LogP contribution in [0.4, 0.5) is 11.8 Å². The van der Waals surface area contributed by atoms with E-state index in [9.17, 15) is 0 Å². The highest BCUT2D eigenvalue weighted by molar-refractivity contribution is 5.46. The molecular weight excluding hydrogens is 320 g/mol. The van der Waals surface area contributed by atoms with Gasteiger partial charge in [0.1, 0.15) is 5.82 Å². The number of hydrogen-bond donors (Lipinski definition) is 0. The highest BCUT2D eigenvalue weighted by atomic mass is 15.3. The minimum Gasteiger partial charge on any atom is -0.356 e. The fourth-order valence-corrected chi connectivity index (χ4v) is 4.25. The van der Waals surface area contributed by atoms with Crippen molar-refractivity contribution < 1.29 is 0 Å². The smallest absolute Gasteiger partial charge is 0.227 e. The number of aryl methyl sites for hydroxylation is 1. The van der Waals surface area contributed by atoms with Gasteiger partial charge in [-0.25, -0.2) is 4.98 Å². The molecule has 2 aromatic rings. The average molecular weight is 351 g/mol. The quantitative estimate of drug-likeness (QED) is 0.826. The minimum atomic E-state index is 0.778. The lowest BCUT2D eigenvalue weighted by Gasteiger charge is -2.33. The van der Waals surface area contributed by atoms with Crippen molar-refractivity contribution in [2.75, 3.05) is 36.0 Å². The Morgan fingerprint density at radius 1 is 0.885 bits per heavy atom. The number of rotatable bonds is 4. The highest BCUT2D eigenvalue weighted by Gasteiger charge is 2.22. The number of aromatic nitrogens is 2. The lowest BCUT2D eigenvalue weighted by atomic mass is 9.90. The van der Waals surface area contributed by atoms with E-state index in [1.807, 2.05) is 0 Å². The molecule has 0 atom stereocenters. The van der Waals surface area contributed by atoms with Crippen molar-refractivity contribution in [2.24, 2.45) is 5.92 Å². The number of benzene rings is 1. The molecule has 0 radical (unpaired) electrons. The van der Waals surface area contributed by atoms with Crippen molar-refractivity contribution in [1.82, 2.24) is 9.97 Å². The summed E-state index contributed by atoms with van der Waals surface area (Å²) in [7, 11) is 0. The van der Waals surface area contributed by atoms with Gasteiger partial charge in [0.2, 0.25) is 5.95 Å². The van der Waals surface area contributed by atoms with E-state index >= 15 is 0 Å². The van der Waals surface area contributed by atoms with Crippen molar-refractivity contribution in [3.8, 4) is 0 Å². The average Bonchev–Trinajstić information content (AvgIpc) is 2.70. The molecule has 0 amide bonds. The Kier molecular flexibility index (Phi) is 5.37. The van der Waals surface area contributed by atoms with E-state index in [0.29, 0.717) is 0 Å². The van der Waals surface area contributed by atoms with E-state index in [1.54, 1.807) is 0 Å². The Bertz CT molecular complexity index is 701. The molecule has 1 aromatic heterocycles. The van der Waals surface area contributed by atoms with Crippen LogP contribution in [0.25, 0.3) is 0 Å². The second-order valence-electron chi connectivity index (χ2n) is 7.84. The molecule has 0 bridgehead atoms. The van der Waals surface area contributed by atoms with E-state index in [2.05, 4.69) is 53.1 Å².